The van der Waals surface area contributed by atoms with E-state index in [0.717, 1.165) is 10.9 Å². The van der Waals surface area contributed by atoms with E-state index in [0.29, 0.717) is 29.6 Å². The van der Waals surface area contributed by atoms with Gasteiger partial charge in [-0.1, -0.05) is 25.4 Å². The molecule has 3 nitrogen and oxygen atoms in total. The normalized spacial score (nSPS) is 12.5. The molecular weight excluding hydrogens is 328 g/mol. The van der Waals surface area contributed by atoms with Gasteiger partial charge in [0.05, 0.1) is 5.69 Å². The van der Waals surface area contributed by atoms with Crippen molar-refractivity contribution in [1.82, 2.24) is 0 Å². The number of nitrogens with one attached hydrogen (secondary N) is 1. The van der Waals surface area contributed by atoms with Crippen molar-refractivity contribution in [2.45, 2.75) is 26.7 Å². The summed E-state index contributed by atoms with van der Waals surface area (Å²) in [7, 11) is 0. The fourth-order valence-electron chi connectivity index (χ4n) is 1.99. The Morgan fingerprint density at radius 2 is 2.16 bits per heavy atom. The van der Waals surface area contributed by atoms with Crippen molar-refractivity contribution in [1.29, 1.82) is 0 Å². The Bertz CT molecular complexity index is 437. The Balaban J connectivity index is 2.61. The first-order valence-corrected chi connectivity index (χ1v) is 7.54. The number of carbonyl (C=O) groups is 1. The second-order valence-electron chi connectivity index (χ2n) is 5.11. The molecule has 0 unspecified atom stereocenters. The molecule has 1 amide bonds. The lowest BCUT2D eigenvalue weighted by molar-refractivity contribution is -0.117. The Morgan fingerprint density at radius 3 is 2.74 bits per heavy atom. The quantitative estimate of drug-likeness (QED) is 0.815. The van der Waals surface area contributed by atoms with Gasteiger partial charge in [-0.05, 0) is 58.9 Å². The fourth-order valence-corrected chi connectivity index (χ4v) is 2.50. The standard InChI is InChI=1S/C14H20BrClN2O/c1-9(2)5-10(8-17)6-14(19)18-13-7-11(16)3-4-12(13)15/h3-4,7,9-10H,5-6,8,17H2,1-2H3,(H,18,19)/t10-/m0/s1. The van der Waals surface area contributed by atoms with Crippen LogP contribution in [0.3, 0.4) is 0 Å². The van der Waals surface area contributed by atoms with Crippen LogP contribution in [0.2, 0.25) is 5.02 Å². The lowest BCUT2D eigenvalue weighted by Gasteiger charge is -2.17. The van der Waals surface area contributed by atoms with Gasteiger partial charge in [-0.2, -0.15) is 0 Å². The van der Waals surface area contributed by atoms with E-state index in [1.165, 1.54) is 0 Å². The summed E-state index contributed by atoms with van der Waals surface area (Å²) < 4.78 is 0.818. The van der Waals surface area contributed by atoms with Gasteiger partial charge in [-0.3, -0.25) is 4.79 Å². The number of hydrogen-bond acceptors (Lipinski definition) is 2. The highest BCUT2D eigenvalue weighted by Crippen LogP contribution is 2.26. The molecule has 1 rings (SSSR count). The smallest absolute Gasteiger partial charge is 0.224 e. The lowest BCUT2D eigenvalue weighted by Crippen LogP contribution is -2.23. The van der Waals surface area contributed by atoms with Gasteiger partial charge >= 0.3 is 0 Å². The molecule has 5 heteroatoms. The van der Waals surface area contributed by atoms with Gasteiger partial charge in [0.1, 0.15) is 0 Å². The topological polar surface area (TPSA) is 55.1 Å². The van der Waals surface area contributed by atoms with Crippen LogP contribution < -0.4 is 11.1 Å². The van der Waals surface area contributed by atoms with E-state index < -0.39 is 0 Å². The van der Waals surface area contributed by atoms with Crippen LogP contribution in [-0.4, -0.2) is 12.5 Å². The number of rotatable bonds is 6. The Morgan fingerprint density at radius 1 is 1.47 bits per heavy atom. The van der Waals surface area contributed by atoms with Crippen molar-refractivity contribution in [3.8, 4) is 0 Å². The van der Waals surface area contributed by atoms with Crippen molar-refractivity contribution in [3.63, 3.8) is 0 Å². The van der Waals surface area contributed by atoms with E-state index in [-0.39, 0.29) is 11.8 Å². The Kier molecular flexibility index (Phi) is 6.83. The van der Waals surface area contributed by atoms with Crippen LogP contribution in [0.15, 0.2) is 22.7 Å². The summed E-state index contributed by atoms with van der Waals surface area (Å²) in [5, 5.41) is 3.46. The number of nitrogens with two attached hydrogens (primary N) is 1. The first-order chi connectivity index (χ1) is 8.92. The van der Waals surface area contributed by atoms with Gasteiger partial charge in [-0.25, -0.2) is 0 Å². The number of benzene rings is 1. The third-order valence-electron chi connectivity index (χ3n) is 2.81. The molecule has 0 heterocycles. The van der Waals surface area contributed by atoms with Crippen LogP contribution in [-0.2, 0) is 4.79 Å². The molecule has 0 aliphatic rings. The van der Waals surface area contributed by atoms with Gasteiger partial charge in [0, 0.05) is 15.9 Å². The van der Waals surface area contributed by atoms with E-state index >= 15 is 0 Å². The second-order valence-corrected chi connectivity index (χ2v) is 6.40. The molecule has 1 atom stereocenters. The van der Waals surface area contributed by atoms with Crippen LogP contribution in [0.5, 0.6) is 0 Å². The molecule has 1 aromatic rings. The SMILES string of the molecule is CC(C)C[C@H](CN)CC(=O)Nc1cc(Cl)ccc1Br. The summed E-state index contributed by atoms with van der Waals surface area (Å²) in [5.41, 5.74) is 6.40. The van der Waals surface area contributed by atoms with E-state index in [1.54, 1.807) is 12.1 Å². The van der Waals surface area contributed by atoms with Crippen LogP contribution in [0.4, 0.5) is 5.69 Å². The van der Waals surface area contributed by atoms with Crippen molar-refractivity contribution >= 4 is 39.1 Å². The van der Waals surface area contributed by atoms with Crippen LogP contribution in [0.25, 0.3) is 0 Å². The fraction of sp³-hybridized carbons (Fsp3) is 0.500. The largest absolute Gasteiger partial charge is 0.330 e. The molecule has 0 aliphatic carbocycles. The minimum absolute atomic E-state index is 0.0286. The van der Waals surface area contributed by atoms with Crippen molar-refractivity contribution in [3.05, 3.63) is 27.7 Å². The molecule has 1 aromatic carbocycles. The van der Waals surface area contributed by atoms with Gasteiger partial charge in [0.2, 0.25) is 5.91 Å². The second kappa shape index (κ2) is 7.88. The van der Waals surface area contributed by atoms with E-state index in [9.17, 15) is 4.79 Å². The molecule has 106 valence electrons. The maximum atomic E-state index is 12.0. The number of amides is 1. The van der Waals surface area contributed by atoms with Gasteiger partial charge < -0.3 is 11.1 Å². The van der Waals surface area contributed by atoms with Crippen molar-refractivity contribution in [2.75, 3.05) is 11.9 Å². The van der Waals surface area contributed by atoms with Gasteiger partial charge in [0.15, 0.2) is 0 Å². The van der Waals surface area contributed by atoms with E-state index in [1.807, 2.05) is 6.07 Å². The number of hydrogen-bond donors (Lipinski definition) is 2. The Labute approximate surface area is 128 Å². The van der Waals surface area contributed by atoms with Crippen LogP contribution in [0, 0.1) is 11.8 Å². The van der Waals surface area contributed by atoms with Crippen LogP contribution in [0.1, 0.15) is 26.7 Å². The average molecular weight is 348 g/mol. The highest BCUT2D eigenvalue weighted by atomic mass is 79.9. The predicted octanol–water partition coefficient (Wildman–Crippen LogP) is 4.05. The summed E-state index contributed by atoms with van der Waals surface area (Å²) in [6.07, 6.45) is 1.40. The lowest BCUT2D eigenvalue weighted by atomic mass is 9.94. The number of anilines is 1. The summed E-state index contributed by atoms with van der Waals surface area (Å²) in [6, 6.07) is 5.30. The molecule has 0 bridgehead atoms. The highest BCUT2D eigenvalue weighted by molar-refractivity contribution is 9.10. The van der Waals surface area contributed by atoms with Crippen molar-refractivity contribution < 1.29 is 4.79 Å². The molecular formula is C14H20BrClN2O. The first-order valence-electron chi connectivity index (χ1n) is 6.37. The minimum Gasteiger partial charge on any atom is -0.330 e. The molecule has 0 saturated heterocycles. The maximum Gasteiger partial charge on any atom is 0.224 e. The zero-order valence-corrected chi connectivity index (χ0v) is 13.6. The molecule has 0 spiro atoms. The number of halogens is 2. The number of carbonyl (C=O) groups excluding carboxylic acids is 1. The monoisotopic (exact) mass is 346 g/mol. The predicted molar refractivity (Wildman–Crippen MR) is 84.4 cm³/mol. The van der Waals surface area contributed by atoms with Crippen molar-refractivity contribution in [2.24, 2.45) is 17.6 Å². The summed E-state index contributed by atoms with van der Waals surface area (Å²) in [6.45, 7) is 4.80. The van der Waals surface area contributed by atoms with Crippen LogP contribution >= 0.6 is 27.5 Å². The van der Waals surface area contributed by atoms with Gasteiger partial charge in [-0.15, -0.1) is 0 Å². The molecule has 0 fully saturated rings. The Hall–Kier alpha value is -0.580. The summed E-state index contributed by atoms with van der Waals surface area (Å²) >= 11 is 9.29. The summed E-state index contributed by atoms with van der Waals surface area (Å²) in [4.78, 5) is 12.0. The maximum absolute atomic E-state index is 12.0. The molecule has 19 heavy (non-hydrogen) atoms. The first kappa shape index (κ1) is 16.5. The van der Waals surface area contributed by atoms with E-state index in [2.05, 4.69) is 35.1 Å². The zero-order valence-electron chi connectivity index (χ0n) is 11.2. The molecule has 0 aliphatic heterocycles. The molecule has 0 saturated carbocycles. The molecule has 3 N–H and O–H groups in total. The average Bonchev–Trinajstić information content (AvgIpc) is 2.32. The molecule has 0 aromatic heterocycles. The van der Waals surface area contributed by atoms with E-state index in [4.69, 9.17) is 17.3 Å². The summed E-state index contributed by atoms with van der Waals surface area (Å²) in [5.74, 6) is 0.733. The molecule has 0 radical (unpaired) electrons. The zero-order chi connectivity index (χ0) is 14.4. The van der Waals surface area contributed by atoms with Gasteiger partial charge in [0.25, 0.3) is 0 Å². The highest BCUT2D eigenvalue weighted by Gasteiger charge is 2.15. The third kappa shape index (κ3) is 5.93. The third-order valence-corrected chi connectivity index (χ3v) is 3.74. The minimum atomic E-state index is -0.0286.